The summed E-state index contributed by atoms with van der Waals surface area (Å²) in [6.07, 6.45) is 7.39. The Kier molecular flexibility index (Phi) is 5.86. The number of carbonyl (C=O) groups is 1. The summed E-state index contributed by atoms with van der Waals surface area (Å²) in [7, 11) is 0. The van der Waals surface area contributed by atoms with E-state index >= 15 is 0 Å². The topological polar surface area (TPSA) is 99.3 Å². The van der Waals surface area contributed by atoms with Crippen LogP contribution in [0.2, 0.25) is 0 Å². The van der Waals surface area contributed by atoms with Crippen molar-refractivity contribution in [2.75, 3.05) is 5.32 Å². The maximum atomic E-state index is 12.6. The molecule has 0 spiro atoms. The molecular weight excluding hydrogens is 496 g/mol. The summed E-state index contributed by atoms with van der Waals surface area (Å²) in [5.41, 5.74) is 9.51. The van der Waals surface area contributed by atoms with Crippen molar-refractivity contribution in [2.45, 2.75) is 6.42 Å². The summed E-state index contributed by atoms with van der Waals surface area (Å²) in [4.78, 5) is 24.7. The number of benzene rings is 3. The van der Waals surface area contributed by atoms with Crippen LogP contribution >= 0.6 is 0 Å². The van der Waals surface area contributed by atoms with Crippen LogP contribution in [0.15, 0.2) is 116 Å². The second-order valence-electron chi connectivity index (χ2n) is 9.69. The van der Waals surface area contributed by atoms with Gasteiger partial charge in [0.05, 0.1) is 29.5 Å². The normalized spacial score (nSPS) is 11.2. The van der Waals surface area contributed by atoms with E-state index in [1.54, 1.807) is 12.4 Å². The standard InChI is InChI=1S/C33H24N6O/c40-32(15-21-5-2-1-3-6-21)36-25-16-24(19-35-20-25)23-9-10-30-28(17-23)33(39-38-30)31-18-27-26(7-4-8-29(27)37-31)22-11-13-34-14-12-22/h1-14,16-20,37H,15H2,(H,36,40)(H,38,39). The molecule has 40 heavy (non-hydrogen) atoms. The van der Waals surface area contributed by atoms with Gasteiger partial charge in [0.1, 0.15) is 5.69 Å². The number of anilines is 1. The molecule has 3 aromatic carbocycles. The Morgan fingerprint density at radius 2 is 1.60 bits per heavy atom. The van der Waals surface area contributed by atoms with Crippen molar-refractivity contribution in [2.24, 2.45) is 0 Å². The molecule has 0 radical (unpaired) electrons. The average molecular weight is 521 g/mol. The van der Waals surface area contributed by atoms with E-state index in [0.717, 1.165) is 61.0 Å². The van der Waals surface area contributed by atoms with E-state index in [9.17, 15) is 4.79 Å². The fourth-order valence-corrected chi connectivity index (χ4v) is 5.12. The van der Waals surface area contributed by atoms with Crippen molar-refractivity contribution in [3.05, 3.63) is 121 Å². The van der Waals surface area contributed by atoms with Gasteiger partial charge in [-0.05, 0) is 64.7 Å². The maximum absolute atomic E-state index is 12.6. The van der Waals surface area contributed by atoms with Gasteiger partial charge in [-0.2, -0.15) is 5.10 Å². The first kappa shape index (κ1) is 23.5. The van der Waals surface area contributed by atoms with Gasteiger partial charge >= 0.3 is 0 Å². The van der Waals surface area contributed by atoms with Crippen LogP contribution in [0.5, 0.6) is 0 Å². The number of carbonyl (C=O) groups excluding carboxylic acids is 1. The van der Waals surface area contributed by atoms with Gasteiger partial charge in [-0.3, -0.25) is 19.9 Å². The van der Waals surface area contributed by atoms with Crippen LogP contribution in [0.25, 0.3) is 55.4 Å². The first-order chi connectivity index (χ1) is 19.7. The van der Waals surface area contributed by atoms with Crippen molar-refractivity contribution in [3.63, 3.8) is 0 Å². The number of amides is 1. The van der Waals surface area contributed by atoms with Gasteiger partial charge in [-0.15, -0.1) is 0 Å². The number of pyridine rings is 2. The van der Waals surface area contributed by atoms with Crippen molar-refractivity contribution in [3.8, 4) is 33.6 Å². The van der Waals surface area contributed by atoms with Gasteiger partial charge in [0, 0.05) is 40.4 Å². The van der Waals surface area contributed by atoms with E-state index < -0.39 is 0 Å². The lowest BCUT2D eigenvalue weighted by Crippen LogP contribution is -2.14. The van der Waals surface area contributed by atoms with Gasteiger partial charge < -0.3 is 10.3 Å². The van der Waals surface area contributed by atoms with Gasteiger partial charge in [-0.25, -0.2) is 0 Å². The SMILES string of the molecule is O=C(Cc1ccccc1)Nc1cncc(-c2ccc3[nH]nc(-c4cc5c(-c6ccncc6)cccc5[nH]4)c3c2)c1. The zero-order valence-corrected chi connectivity index (χ0v) is 21.4. The maximum Gasteiger partial charge on any atom is 0.228 e. The summed E-state index contributed by atoms with van der Waals surface area (Å²) in [6.45, 7) is 0. The third kappa shape index (κ3) is 4.50. The number of rotatable bonds is 6. The van der Waals surface area contributed by atoms with Crippen LogP contribution in [0.1, 0.15) is 5.56 Å². The fourth-order valence-electron chi connectivity index (χ4n) is 5.12. The molecule has 0 bridgehead atoms. The van der Waals surface area contributed by atoms with Crippen LogP contribution in [-0.4, -0.2) is 31.1 Å². The van der Waals surface area contributed by atoms with Crippen LogP contribution < -0.4 is 5.32 Å². The van der Waals surface area contributed by atoms with E-state index in [4.69, 9.17) is 0 Å². The third-order valence-corrected chi connectivity index (χ3v) is 7.04. The number of nitrogens with one attached hydrogen (secondary N) is 3. The molecule has 0 atom stereocenters. The number of nitrogens with zero attached hydrogens (tertiary/aromatic N) is 3. The Morgan fingerprint density at radius 3 is 2.48 bits per heavy atom. The third-order valence-electron chi connectivity index (χ3n) is 7.04. The molecule has 0 fully saturated rings. The molecule has 0 aliphatic rings. The Hall–Kier alpha value is -5.56. The van der Waals surface area contributed by atoms with Crippen molar-refractivity contribution in [1.82, 2.24) is 25.1 Å². The summed E-state index contributed by atoms with van der Waals surface area (Å²) in [5, 5.41) is 12.9. The Labute approximate surface area is 230 Å². The zero-order chi connectivity index (χ0) is 26.9. The molecule has 7 nitrogen and oxygen atoms in total. The molecule has 1 amide bonds. The van der Waals surface area contributed by atoms with E-state index in [1.807, 2.05) is 73.1 Å². The first-order valence-corrected chi connectivity index (χ1v) is 13.0. The molecule has 0 saturated carbocycles. The van der Waals surface area contributed by atoms with Gasteiger partial charge in [0.15, 0.2) is 0 Å². The molecule has 0 aliphatic carbocycles. The second kappa shape index (κ2) is 9.96. The Balaban J connectivity index is 1.21. The number of fused-ring (bicyclic) bond motifs is 2. The Morgan fingerprint density at radius 1 is 0.725 bits per heavy atom. The molecule has 0 aliphatic heterocycles. The largest absolute Gasteiger partial charge is 0.353 e. The Bertz CT molecular complexity index is 1980. The predicted octanol–water partition coefficient (Wildman–Crippen LogP) is 7.02. The minimum absolute atomic E-state index is 0.0809. The van der Waals surface area contributed by atoms with Gasteiger partial charge in [0.2, 0.25) is 5.91 Å². The highest BCUT2D eigenvalue weighted by Crippen LogP contribution is 2.35. The molecule has 0 saturated heterocycles. The van der Waals surface area contributed by atoms with E-state index in [1.165, 1.54) is 0 Å². The van der Waals surface area contributed by atoms with E-state index in [2.05, 4.69) is 60.8 Å². The summed E-state index contributed by atoms with van der Waals surface area (Å²) < 4.78 is 0. The van der Waals surface area contributed by atoms with Gasteiger partial charge in [0.25, 0.3) is 0 Å². The number of H-pyrrole nitrogens is 2. The van der Waals surface area contributed by atoms with Crippen LogP contribution in [0.3, 0.4) is 0 Å². The molecule has 4 heterocycles. The molecule has 7 rings (SSSR count). The highest BCUT2D eigenvalue weighted by molar-refractivity contribution is 6.02. The number of aromatic nitrogens is 5. The van der Waals surface area contributed by atoms with Crippen LogP contribution in [0, 0.1) is 0 Å². The quantitative estimate of drug-likeness (QED) is 0.219. The highest BCUT2D eigenvalue weighted by atomic mass is 16.1. The van der Waals surface area contributed by atoms with Crippen LogP contribution in [-0.2, 0) is 11.2 Å². The summed E-state index contributed by atoms with van der Waals surface area (Å²) in [6, 6.07) is 30.2. The first-order valence-electron chi connectivity index (χ1n) is 13.0. The molecular formula is C33H24N6O. The molecule has 4 aromatic heterocycles. The number of aromatic amines is 2. The van der Waals surface area contributed by atoms with Crippen molar-refractivity contribution in [1.29, 1.82) is 0 Å². The number of hydrogen-bond acceptors (Lipinski definition) is 4. The zero-order valence-electron chi connectivity index (χ0n) is 21.4. The van der Waals surface area contributed by atoms with Crippen molar-refractivity contribution < 1.29 is 4.79 Å². The summed E-state index contributed by atoms with van der Waals surface area (Å²) >= 11 is 0. The second-order valence-corrected chi connectivity index (χ2v) is 9.69. The van der Waals surface area contributed by atoms with E-state index in [0.29, 0.717) is 12.1 Å². The minimum Gasteiger partial charge on any atom is -0.353 e. The summed E-state index contributed by atoms with van der Waals surface area (Å²) in [5.74, 6) is -0.0809. The minimum atomic E-state index is -0.0809. The molecule has 192 valence electrons. The van der Waals surface area contributed by atoms with Gasteiger partial charge in [-0.1, -0.05) is 48.5 Å². The fraction of sp³-hybridized carbons (Fsp3) is 0.0303. The smallest absolute Gasteiger partial charge is 0.228 e. The lowest BCUT2D eigenvalue weighted by atomic mass is 10.0. The lowest BCUT2D eigenvalue weighted by Gasteiger charge is -2.08. The molecule has 7 heteroatoms. The highest BCUT2D eigenvalue weighted by Gasteiger charge is 2.15. The van der Waals surface area contributed by atoms with E-state index in [-0.39, 0.29) is 5.91 Å². The molecule has 7 aromatic rings. The monoisotopic (exact) mass is 520 g/mol. The van der Waals surface area contributed by atoms with Crippen molar-refractivity contribution >= 4 is 33.4 Å². The lowest BCUT2D eigenvalue weighted by molar-refractivity contribution is -0.115. The molecule has 0 unspecified atom stereocenters. The number of hydrogen-bond donors (Lipinski definition) is 3. The van der Waals surface area contributed by atoms with Crippen LogP contribution in [0.4, 0.5) is 5.69 Å². The average Bonchev–Trinajstić information content (AvgIpc) is 3.62. The molecule has 3 N–H and O–H groups in total. The predicted molar refractivity (Wildman–Crippen MR) is 159 cm³/mol.